The maximum absolute atomic E-state index is 12.5. The van der Waals surface area contributed by atoms with E-state index < -0.39 is 0 Å². The average Bonchev–Trinajstić information content (AvgIpc) is 2.57. The molecule has 2 aromatic rings. The van der Waals surface area contributed by atoms with Crippen LogP contribution in [-0.4, -0.2) is 19.6 Å². The fourth-order valence-corrected chi connectivity index (χ4v) is 2.76. The molecule has 0 radical (unpaired) electrons. The van der Waals surface area contributed by atoms with Gasteiger partial charge in [0.25, 0.3) is 0 Å². The Morgan fingerprint density at radius 1 is 1.30 bits per heavy atom. The molecule has 0 aliphatic carbocycles. The van der Waals surface area contributed by atoms with Gasteiger partial charge in [-0.25, -0.2) is 0 Å². The molecule has 0 spiro atoms. The Kier molecular flexibility index (Phi) is 4.44. The molecule has 0 bridgehead atoms. The minimum atomic E-state index is -0.241. The van der Waals surface area contributed by atoms with Crippen molar-refractivity contribution in [2.75, 3.05) is 19.0 Å². The zero-order valence-corrected chi connectivity index (χ0v) is 13.8. The predicted molar refractivity (Wildman–Crippen MR) is 90.5 cm³/mol. The predicted octanol–water partition coefficient (Wildman–Crippen LogP) is 3.85. The van der Waals surface area contributed by atoms with Crippen LogP contribution in [0, 0.1) is 12.8 Å². The van der Waals surface area contributed by atoms with Crippen molar-refractivity contribution in [2.24, 2.45) is 5.92 Å². The number of benzene rings is 2. The number of halogens is 1. The van der Waals surface area contributed by atoms with E-state index in [0.29, 0.717) is 23.7 Å². The summed E-state index contributed by atoms with van der Waals surface area (Å²) in [7, 11) is 1.62. The molecule has 5 heteroatoms. The van der Waals surface area contributed by atoms with Crippen molar-refractivity contribution < 1.29 is 14.3 Å². The molecule has 1 heterocycles. The summed E-state index contributed by atoms with van der Waals surface area (Å²) in [5, 5.41) is 3.54. The van der Waals surface area contributed by atoms with Gasteiger partial charge < -0.3 is 14.8 Å². The first-order chi connectivity index (χ1) is 11.1. The van der Waals surface area contributed by atoms with Crippen LogP contribution in [0.4, 0.5) is 5.69 Å². The summed E-state index contributed by atoms with van der Waals surface area (Å²) in [4.78, 5) is 12.5. The van der Waals surface area contributed by atoms with Crippen molar-refractivity contribution in [1.82, 2.24) is 0 Å². The van der Waals surface area contributed by atoms with Crippen LogP contribution in [-0.2, 0) is 11.2 Å². The van der Waals surface area contributed by atoms with Crippen LogP contribution in [0.2, 0.25) is 5.02 Å². The lowest BCUT2D eigenvalue weighted by Gasteiger charge is -2.25. The van der Waals surface area contributed by atoms with Gasteiger partial charge in [-0.15, -0.1) is 0 Å². The van der Waals surface area contributed by atoms with Gasteiger partial charge in [-0.05, 0) is 54.8 Å². The van der Waals surface area contributed by atoms with E-state index in [0.717, 1.165) is 22.6 Å². The van der Waals surface area contributed by atoms with Gasteiger partial charge in [0.1, 0.15) is 18.1 Å². The van der Waals surface area contributed by atoms with Gasteiger partial charge in [0.15, 0.2) is 0 Å². The van der Waals surface area contributed by atoms with Gasteiger partial charge in [0.2, 0.25) is 5.91 Å². The Labute approximate surface area is 140 Å². The molecule has 120 valence electrons. The quantitative estimate of drug-likeness (QED) is 0.929. The molecular formula is C18H18ClNO3. The third-order valence-electron chi connectivity index (χ3n) is 3.98. The summed E-state index contributed by atoms with van der Waals surface area (Å²) in [6.07, 6.45) is 0.623. The molecule has 0 fully saturated rings. The zero-order valence-electron chi connectivity index (χ0n) is 13.1. The van der Waals surface area contributed by atoms with Crippen LogP contribution in [0.1, 0.15) is 11.1 Å². The Morgan fingerprint density at radius 3 is 2.87 bits per heavy atom. The maximum Gasteiger partial charge on any atom is 0.231 e. The highest BCUT2D eigenvalue weighted by molar-refractivity contribution is 6.31. The molecule has 1 aliphatic rings. The van der Waals surface area contributed by atoms with Gasteiger partial charge in [-0.3, -0.25) is 4.79 Å². The molecule has 1 atom stereocenters. The third-order valence-corrected chi connectivity index (χ3v) is 4.39. The van der Waals surface area contributed by atoms with E-state index in [1.165, 1.54) is 0 Å². The van der Waals surface area contributed by atoms with Crippen LogP contribution in [0.25, 0.3) is 0 Å². The van der Waals surface area contributed by atoms with E-state index in [2.05, 4.69) is 5.32 Å². The lowest BCUT2D eigenvalue weighted by molar-refractivity contribution is -0.121. The van der Waals surface area contributed by atoms with Gasteiger partial charge in [0.05, 0.1) is 13.0 Å². The molecule has 0 unspecified atom stereocenters. The second kappa shape index (κ2) is 6.50. The summed E-state index contributed by atoms with van der Waals surface area (Å²) in [6.45, 7) is 2.29. The summed E-state index contributed by atoms with van der Waals surface area (Å²) in [5.41, 5.74) is 2.66. The second-order valence-electron chi connectivity index (χ2n) is 5.64. The molecule has 23 heavy (non-hydrogen) atoms. The van der Waals surface area contributed by atoms with Crippen LogP contribution in [0.5, 0.6) is 11.5 Å². The Bertz CT molecular complexity index is 745. The minimum absolute atomic E-state index is 0.0709. The molecule has 1 aliphatic heterocycles. The van der Waals surface area contributed by atoms with Crippen molar-refractivity contribution in [3.63, 3.8) is 0 Å². The minimum Gasteiger partial charge on any atom is -0.497 e. The summed E-state index contributed by atoms with van der Waals surface area (Å²) in [6, 6.07) is 11.1. The first-order valence-corrected chi connectivity index (χ1v) is 7.81. The van der Waals surface area contributed by atoms with Crippen molar-refractivity contribution in [3.05, 3.63) is 52.5 Å². The number of hydrogen-bond donors (Lipinski definition) is 1. The zero-order chi connectivity index (χ0) is 16.4. The molecule has 1 amide bonds. The van der Waals surface area contributed by atoms with Gasteiger partial charge >= 0.3 is 0 Å². The highest BCUT2D eigenvalue weighted by atomic mass is 35.5. The summed E-state index contributed by atoms with van der Waals surface area (Å²) < 4.78 is 10.9. The molecule has 4 nitrogen and oxygen atoms in total. The number of aryl methyl sites for hydroxylation is 1. The lowest BCUT2D eigenvalue weighted by atomic mass is 9.95. The number of ether oxygens (including phenoxy) is 2. The average molecular weight is 332 g/mol. The molecular weight excluding hydrogens is 314 g/mol. The summed E-state index contributed by atoms with van der Waals surface area (Å²) >= 11 is 6.09. The van der Waals surface area contributed by atoms with E-state index in [1.807, 2.05) is 37.3 Å². The largest absolute Gasteiger partial charge is 0.497 e. The number of carbonyl (C=O) groups excluding carboxylic acids is 1. The van der Waals surface area contributed by atoms with E-state index in [1.54, 1.807) is 13.2 Å². The first-order valence-electron chi connectivity index (χ1n) is 7.43. The number of fused-ring (bicyclic) bond motifs is 1. The first kappa shape index (κ1) is 15.7. The lowest BCUT2D eigenvalue weighted by Crippen LogP contribution is -2.32. The molecule has 2 aromatic carbocycles. The fraction of sp³-hybridized carbons (Fsp3) is 0.278. The Morgan fingerprint density at radius 2 is 2.13 bits per heavy atom. The van der Waals surface area contributed by atoms with E-state index in [9.17, 15) is 4.79 Å². The number of methoxy groups -OCH3 is 1. The topological polar surface area (TPSA) is 47.6 Å². The number of anilines is 1. The van der Waals surface area contributed by atoms with Gasteiger partial charge in [-0.1, -0.05) is 17.7 Å². The van der Waals surface area contributed by atoms with Crippen molar-refractivity contribution in [3.8, 4) is 11.5 Å². The highest BCUT2D eigenvalue weighted by Gasteiger charge is 2.26. The molecule has 3 rings (SSSR count). The normalized spacial score (nSPS) is 16.2. The monoisotopic (exact) mass is 331 g/mol. The van der Waals surface area contributed by atoms with Crippen LogP contribution in [0.15, 0.2) is 36.4 Å². The maximum atomic E-state index is 12.5. The molecule has 1 N–H and O–H groups in total. The Hall–Kier alpha value is -2.20. The molecule has 0 aromatic heterocycles. The third kappa shape index (κ3) is 3.42. The van der Waals surface area contributed by atoms with Gasteiger partial charge in [0, 0.05) is 10.7 Å². The number of nitrogens with one attached hydrogen (secondary N) is 1. The van der Waals surface area contributed by atoms with E-state index in [-0.39, 0.29) is 11.8 Å². The SMILES string of the molecule is COc1ccc2c(c1)C[C@H](C(=O)Nc1ccc(C)c(Cl)c1)CO2. The summed E-state index contributed by atoms with van der Waals surface area (Å²) in [5.74, 6) is 1.26. The van der Waals surface area contributed by atoms with Crippen molar-refractivity contribution in [2.45, 2.75) is 13.3 Å². The van der Waals surface area contributed by atoms with Crippen LogP contribution >= 0.6 is 11.6 Å². The molecule has 0 saturated carbocycles. The van der Waals surface area contributed by atoms with E-state index in [4.69, 9.17) is 21.1 Å². The smallest absolute Gasteiger partial charge is 0.231 e. The van der Waals surface area contributed by atoms with Crippen LogP contribution < -0.4 is 14.8 Å². The van der Waals surface area contributed by atoms with E-state index >= 15 is 0 Å². The second-order valence-corrected chi connectivity index (χ2v) is 6.05. The molecule has 0 saturated heterocycles. The fourth-order valence-electron chi connectivity index (χ4n) is 2.58. The Balaban J connectivity index is 1.72. The number of amides is 1. The number of rotatable bonds is 3. The van der Waals surface area contributed by atoms with Crippen LogP contribution in [0.3, 0.4) is 0 Å². The van der Waals surface area contributed by atoms with Crippen molar-refractivity contribution >= 4 is 23.2 Å². The number of hydrogen-bond acceptors (Lipinski definition) is 3. The van der Waals surface area contributed by atoms with Crippen molar-refractivity contribution in [1.29, 1.82) is 0 Å². The highest BCUT2D eigenvalue weighted by Crippen LogP contribution is 2.31. The standard InChI is InChI=1S/C18H18ClNO3/c1-11-3-4-14(9-16(11)19)20-18(21)13-7-12-8-15(22-2)5-6-17(12)23-10-13/h3-6,8-9,13H,7,10H2,1-2H3,(H,20,21)/t13-/m0/s1. The number of carbonyl (C=O) groups is 1. The van der Waals surface area contributed by atoms with Gasteiger partial charge in [-0.2, -0.15) is 0 Å².